The lowest BCUT2D eigenvalue weighted by Crippen LogP contribution is -2.33. The Labute approximate surface area is 267 Å². The molecular formula is C31H33F3N8O5. The number of alkyl halides is 3. The summed E-state index contributed by atoms with van der Waals surface area (Å²) in [5, 5.41) is 26.6. The van der Waals surface area contributed by atoms with E-state index in [1.54, 1.807) is 17.1 Å². The Bertz CT molecular complexity index is 1790. The highest BCUT2D eigenvalue weighted by molar-refractivity contribution is 6.06. The van der Waals surface area contributed by atoms with E-state index < -0.39 is 23.7 Å². The zero-order valence-electron chi connectivity index (χ0n) is 25.9. The fourth-order valence-corrected chi connectivity index (χ4v) is 4.61. The minimum Gasteiger partial charge on any atom is -0.480 e. The maximum Gasteiger partial charge on any atom is 0.490 e. The predicted molar refractivity (Wildman–Crippen MR) is 165 cm³/mol. The third kappa shape index (κ3) is 7.73. The molecule has 2 aromatic carbocycles. The minimum absolute atomic E-state index is 0.103. The number of amides is 1. The first-order valence-corrected chi connectivity index (χ1v) is 14.2. The number of rotatable bonds is 10. The molecule has 47 heavy (non-hydrogen) atoms. The van der Waals surface area contributed by atoms with Gasteiger partial charge in [0.05, 0.1) is 12.6 Å². The number of carbonyl (C=O) groups is 2. The largest absolute Gasteiger partial charge is 0.490 e. The van der Waals surface area contributed by atoms with Gasteiger partial charge in [-0.3, -0.25) is 14.8 Å². The molecule has 3 aromatic heterocycles. The predicted octanol–water partition coefficient (Wildman–Crippen LogP) is 3.78. The number of aryl methyl sites for hydroxylation is 1. The van der Waals surface area contributed by atoms with Gasteiger partial charge in [-0.1, -0.05) is 60.7 Å². The number of aromatic nitrogens is 6. The van der Waals surface area contributed by atoms with Crippen molar-refractivity contribution < 1.29 is 37.7 Å². The second kappa shape index (κ2) is 14.4. The van der Waals surface area contributed by atoms with Gasteiger partial charge < -0.3 is 24.4 Å². The van der Waals surface area contributed by atoms with Crippen molar-refractivity contribution in [2.45, 2.75) is 31.8 Å². The highest BCUT2D eigenvalue weighted by Gasteiger charge is 2.40. The first-order valence-electron chi connectivity index (χ1n) is 14.2. The lowest BCUT2D eigenvalue weighted by atomic mass is 9.85. The molecule has 13 nitrogen and oxygen atoms in total. The molecule has 3 heterocycles. The molecule has 1 amide bonds. The van der Waals surface area contributed by atoms with Crippen LogP contribution in [0, 0.1) is 0 Å². The number of halogens is 3. The van der Waals surface area contributed by atoms with Crippen LogP contribution in [0.15, 0.2) is 73.1 Å². The van der Waals surface area contributed by atoms with Crippen LogP contribution < -0.4 is 10.1 Å². The van der Waals surface area contributed by atoms with Gasteiger partial charge in [-0.05, 0) is 38.2 Å². The van der Waals surface area contributed by atoms with Crippen LogP contribution >= 0.6 is 0 Å². The average molecular weight is 655 g/mol. The van der Waals surface area contributed by atoms with Crippen molar-refractivity contribution in [1.82, 2.24) is 34.2 Å². The van der Waals surface area contributed by atoms with E-state index in [1.807, 2.05) is 91.1 Å². The van der Waals surface area contributed by atoms with E-state index in [1.165, 1.54) is 7.11 Å². The summed E-state index contributed by atoms with van der Waals surface area (Å²) in [7, 11) is 5.40. The summed E-state index contributed by atoms with van der Waals surface area (Å²) >= 11 is 0. The zero-order chi connectivity index (χ0) is 34.4. The molecule has 16 heteroatoms. The molecule has 0 unspecified atom stereocenters. The maximum absolute atomic E-state index is 13.4. The monoisotopic (exact) mass is 654 g/mol. The number of pyridine rings is 1. The summed E-state index contributed by atoms with van der Waals surface area (Å²) in [5.74, 6) is -2.56. The topological polar surface area (TPSA) is 161 Å². The van der Waals surface area contributed by atoms with Gasteiger partial charge in [-0.15, -0.1) is 5.10 Å². The number of aliphatic hydroxyl groups is 1. The van der Waals surface area contributed by atoms with E-state index in [-0.39, 0.29) is 17.4 Å². The van der Waals surface area contributed by atoms with Crippen LogP contribution in [-0.4, -0.2) is 90.2 Å². The number of carboxylic acids is 1. The first-order chi connectivity index (χ1) is 22.3. The molecule has 0 radical (unpaired) electrons. The molecule has 0 aliphatic carbocycles. The van der Waals surface area contributed by atoms with E-state index in [2.05, 4.69) is 20.4 Å². The van der Waals surface area contributed by atoms with E-state index >= 15 is 0 Å². The van der Waals surface area contributed by atoms with Crippen LogP contribution in [-0.2, 0) is 23.5 Å². The second-order valence-electron chi connectivity index (χ2n) is 10.4. The van der Waals surface area contributed by atoms with Crippen molar-refractivity contribution in [3.63, 3.8) is 0 Å². The third-order valence-electron chi connectivity index (χ3n) is 6.95. The number of ether oxygens (including phenoxy) is 1. The highest BCUT2D eigenvalue weighted by atomic mass is 19.4. The van der Waals surface area contributed by atoms with Crippen molar-refractivity contribution in [3.05, 3.63) is 95.6 Å². The highest BCUT2D eigenvalue weighted by Crippen LogP contribution is 2.38. The minimum atomic E-state index is -5.08. The molecule has 5 rings (SSSR count). The van der Waals surface area contributed by atoms with E-state index in [4.69, 9.17) is 19.6 Å². The van der Waals surface area contributed by atoms with Crippen LogP contribution in [0.5, 0.6) is 5.88 Å². The van der Waals surface area contributed by atoms with Crippen LogP contribution in [0.1, 0.15) is 34.2 Å². The number of carbonyl (C=O) groups excluding carboxylic acids is 1. The fraction of sp³-hybridized carbons (Fsp3) is 0.290. The maximum atomic E-state index is 13.4. The number of aliphatic carboxylic acids is 1. The molecule has 248 valence electrons. The lowest BCUT2D eigenvalue weighted by molar-refractivity contribution is -0.192. The van der Waals surface area contributed by atoms with E-state index in [0.29, 0.717) is 47.7 Å². The smallest absolute Gasteiger partial charge is 0.480 e. The molecule has 0 aliphatic rings. The van der Waals surface area contributed by atoms with Crippen LogP contribution in [0.3, 0.4) is 0 Å². The standard InChI is InChI=1S/C29H32N8O3.C2HF3O2/c1-5-36-19-30-28(34-36)33-25(38)22-18-23-24(31-26(22)40-4)32-27(37(23)17-16-35(2)3)29(39,20-12-8-6-9-13-20)21-14-10-7-11-15-21;3-2(4,5)1(6)7/h6-15,18-19,39H,5,16-17H2,1-4H3,(H,33,34,38);(H,6,7). The molecule has 0 fully saturated rings. The number of nitrogens with zero attached hydrogens (tertiary/aromatic N) is 7. The summed E-state index contributed by atoms with van der Waals surface area (Å²) < 4.78 is 40.8. The van der Waals surface area contributed by atoms with Gasteiger partial charge in [-0.2, -0.15) is 18.2 Å². The van der Waals surface area contributed by atoms with Gasteiger partial charge >= 0.3 is 12.1 Å². The van der Waals surface area contributed by atoms with Gasteiger partial charge in [0.15, 0.2) is 17.1 Å². The van der Waals surface area contributed by atoms with Crippen molar-refractivity contribution in [3.8, 4) is 5.88 Å². The van der Waals surface area contributed by atoms with E-state index in [0.717, 1.165) is 0 Å². The molecule has 0 saturated carbocycles. The molecule has 0 saturated heterocycles. The van der Waals surface area contributed by atoms with Crippen molar-refractivity contribution in [2.75, 3.05) is 33.1 Å². The number of carboxylic acid groups (broad SMARTS) is 1. The SMILES string of the molecule is CCn1cnc(NC(=O)c2cc3c(nc2OC)nc(C(O)(c2ccccc2)c2ccccc2)n3CCN(C)C)n1.O=C(O)C(F)(F)F. The number of hydrogen-bond donors (Lipinski definition) is 3. The summed E-state index contributed by atoms with van der Waals surface area (Å²) in [6, 6.07) is 20.5. The number of nitrogens with one attached hydrogen (secondary N) is 1. The average Bonchev–Trinajstić information content (AvgIpc) is 3.67. The van der Waals surface area contributed by atoms with E-state index in [9.17, 15) is 23.1 Å². The Morgan fingerprint density at radius 3 is 2.04 bits per heavy atom. The Hall–Kier alpha value is -5.35. The quantitative estimate of drug-likeness (QED) is 0.202. The Kier molecular flexibility index (Phi) is 10.6. The summed E-state index contributed by atoms with van der Waals surface area (Å²) in [5.41, 5.74) is 0.849. The van der Waals surface area contributed by atoms with Gasteiger partial charge in [0.2, 0.25) is 11.8 Å². The number of likely N-dealkylation sites (N-methyl/N-ethyl adjacent to an activating group) is 1. The molecule has 0 aliphatic heterocycles. The van der Waals surface area contributed by atoms with Gasteiger partial charge in [0.25, 0.3) is 5.91 Å². The van der Waals surface area contributed by atoms with Crippen LogP contribution in [0.25, 0.3) is 11.2 Å². The number of hydrogen-bond acceptors (Lipinski definition) is 9. The molecule has 0 atom stereocenters. The summed E-state index contributed by atoms with van der Waals surface area (Å²) in [6.45, 7) is 3.70. The Morgan fingerprint density at radius 1 is 1.00 bits per heavy atom. The normalized spacial score (nSPS) is 11.7. The number of benzene rings is 2. The third-order valence-corrected chi connectivity index (χ3v) is 6.95. The molecule has 0 bridgehead atoms. The van der Waals surface area contributed by atoms with Crippen LogP contribution in [0.2, 0.25) is 0 Å². The molecule has 3 N–H and O–H groups in total. The van der Waals surface area contributed by atoms with Gasteiger partial charge in [0, 0.05) is 19.6 Å². The number of fused-ring (bicyclic) bond motifs is 1. The zero-order valence-corrected chi connectivity index (χ0v) is 25.9. The first kappa shape index (κ1) is 34.5. The lowest BCUT2D eigenvalue weighted by Gasteiger charge is -2.30. The molecular weight excluding hydrogens is 621 g/mol. The molecule has 5 aromatic rings. The number of methoxy groups -OCH3 is 1. The summed E-state index contributed by atoms with van der Waals surface area (Å²) in [6.07, 6.45) is -3.54. The van der Waals surface area contributed by atoms with Gasteiger partial charge in [-0.25, -0.2) is 14.8 Å². The fourth-order valence-electron chi connectivity index (χ4n) is 4.61. The Balaban J connectivity index is 0.000000644. The van der Waals surface area contributed by atoms with Crippen molar-refractivity contribution in [2.24, 2.45) is 0 Å². The van der Waals surface area contributed by atoms with Crippen molar-refractivity contribution >= 4 is 29.0 Å². The number of imidazole rings is 1. The summed E-state index contributed by atoms with van der Waals surface area (Å²) in [4.78, 5) is 37.9. The molecule has 0 spiro atoms. The van der Waals surface area contributed by atoms with Gasteiger partial charge in [0.1, 0.15) is 11.9 Å². The Morgan fingerprint density at radius 2 is 1.57 bits per heavy atom. The number of anilines is 1. The second-order valence-corrected chi connectivity index (χ2v) is 10.4. The van der Waals surface area contributed by atoms with Crippen LogP contribution in [0.4, 0.5) is 19.1 Å². The van der Waals surface area contributed by atoms with Crippen molar-refractivity contribution in [1.29, 1.82) is 0 Å².